The third-order valence-electron chi connectivity index (χ3n) is 3.45. The maximum atomic E-state index is 13.2. The van der Waals surface area contributed by atoms with Crippen LogP contribution in [0.5, 0.6) is 11.6 Å². The molecule has 1 aromatic heterocycles. The number of amides is 2. The third kappa shape index (κ3) is 4.98. The number of nitrogens with zero attached hydrogens (tertiary/aromatic N) is 2. The van der Waals surface area contributed by atoms with Gasteiger partial charge in [-0.25, -0.2) is 8.42 Å². The molecule has 0 saturated heterocycles. The number of halogens is 4. The lowest BCUT2D eigenvalue weighted by molar-refractivity contribution is -0.138. The summed E-state index contributed by atoms with van der Waals surface area (Å²) in [4.78, 5) is 23.0. The Kier molecular flexibility index (Phi) is 6.13. The van der Waals surface area contributed by atoms with Crippen LogP contribution in [0.3, 0.4) is 0 Å². The summed E-state index contributed by atoms with van der Waals surface area (Å²) in [6, 6.07) is 2.33. The summed E-state index contributed by atoms with van der Waals surface area (Å²) in [5.41, 5.74) is -1.98. The lowest BCUT2D eigenvalue weighted by Crippen LogP contribution is -2.33. The van der Waals surface area contributed by atoms with Crippen molar-refractivity contribution in [1.29, 1.82) is 0 Å². The standard InChI is InChI=1S/C15H14ClF3N4O5S/c1-20-11(24)12(25)21-9-6-7(4-5-8(9)15(17,18)19)28-13-10(16)14(23(2)22-13)29(3,26)27/h4-6H,1-3H3,(H,20,24)(H,21,25). The van der Waals surface area contributed by atoms with Crippen LogP contribution in [0, 0.1) is 0 Å². The highest BCUT2D eigenvalue weighted by Gasteiger charge is 2.35. The highest BCUT2D eigenvalue weighted by Crippen LogP contribution is 2.39. The molecule has 0 unspecified atom stereocenters. The average molecular weight is 455 g/mol. The number of likely N-dealkylation sites (N-methyl/N-ethyl adjacent to an activating group) is 1. The molecule has 1 heterocycles. The number of nitrogens with one attached hydrogen (secondary N) is 2. The summed E-state index contributed by atoms with van der Waals surface area (Å²) in [5.74, 6) is -3.11. The van der Waals surface area contributed by atoms with Crippen LogP contribution >= 0.6 is 11.6 Å². The number of carbonyl (C=O) groups is 2. The molecule has 0 fully saturated rings. The molecule has 0 atom stereocenters. The number of aromatic nitrogens is 2. The van der Waals surface area contributed by atoms with Crippen LogP contribution in [-0.4, -0.2) is 43.3 Å². The number of hydrogen-bond acceptors (Lipinski definition) is 6. The molecular weight excluding hydrogens is 441 g/mol. The van der Waals surface area contributed by atoms with E-state index >= 15 is 0 Å². The summed E-state index contributed by atoms with van der Waals surface area (Å²) >= 11 is 5.96. The molecule has 158 valence electrons. The van der Waals surface area contributed by atoms with Crippen molar-refractivity contribution in [1.82, 2.24) is 15.1 Å². The second-order valence-electron chi connectivity index (χ2n) is 5.66. The summed E-state index contributed by atoms with van der Waals surface area (Å²) < 4.78 is 69.3. The summed E-state index contributed by atoms with van der Waals surface area (Å²) in [5, 5.41) is 6.88. The van der Waals surface area contributed by atoms with Gasteiger partial charge in [0.1, 0.15) is 10.8 Å². The van der Waals surface area contributed by atoms with Crippen LogP contribution in [0.2, 0.25) is 5.02 Å². The van der Waals surface area contributed by atoms with Crippen molar-refractivity contribution < 1.29 is 35.9 Å². The Morgan fingerprint density at radius 2 is 1.86 bits per heavy atom. The van der Waals surface area contributed by atoms with Crippen molar-refractivity contribution in [2.75, 3.05) is 18.6 Å². The Balaban J connectivity index is 2.47. The van der Waals surface area contributed by atoms with E-state index < -0.39 is 39.1 Å². The predicted molar refractivity (Wildman–Crippen MR) is 95.5 cm³/mol. The quantitative estimate of drug-likeness (QED) is 0.682. The van der Waals surface area contributed by atoms with Gasteiger partial charge in [-0.15, -0.1) is 5.10 Å². The number of sulfone groups is 1. The van der Waals surface area contributed by atoms with E-state index in [0.29, 0.717) is 6.07 Å². The third-order valence-corrected chi connectivity index (χ3v) is 5.08. The van der Waals surface area contributed by atoms with E-state index in [1.54, 1.807) is 0 Å². The van der Waals surface area contributed by atoms with E-state index in [2.05, 4.69) is 5.10 Å². The van der Waals surface area contributed by atoms with E-state index in [1.807, 2.05) is 10.6 Å². The molecule has 0 bridgehead atoms. The molecule has 0 aliphatic rings. The normalized spacial score (nSPS) is 11.8. The second-order valence-corrected chi connectivity index (χ2v) is 7.97. The fraction of sp³-hybridized carbons (Fsp3) is 0.267. The molecular formula is C15H14ClF3N4O5S. The Morgan fingerprint density at radius 1 is 1.24 bits per heavy atom. The number of benzene rings is 1. The van der Waals surface area contributed by atoms with Crippen LogP contribution in [-0.2, 0) is 32.7 Å². The van der Waals surface area contributed by atoms with Crippen LogP contribution in [0.1, 0.15) is 5.56 Å². The van der Waals surface area contributed by atoms with Gasteiger partial charge >= 0.3 is 18.0 Å². The Labute approximate surface area is 167 Å². The van der Waals surface area contributed by atoms with E-state index in [4.69, 9.17) is 16.3 Å². The Hall–Kier alpha value is -2.80. The van der Waals surface area contributed by atoms with Crippen molar-refractivity contribution in [3.8, 4) is 11.6 Å². The molecule has 0 radical (unpaired) electrons. The smallest absolute Gasteiger partial charge is 0.418 e. The van der Waals surface area contributed by atoms with Gasteiger partial charge in [0.25, 0.3) is 5.88 Å². The number of hydrogen-bond donors (Lipinski definition) is 2. The first-order chi connectivity index (χ1) is 13.3. The van der Waals surface area contributed by atoms with E-state index in [1.165, 1.54) is 7.05 Å². The number of rotatable bonds is 4. The van der Waals surface area contributed by atoms with E-state index in [-0.39, 0.29) is 21.7 Å². The number of carbonyl (C=O) groups excluding carboxylic acids is 2. The maximum Gasteiger partial charge on any atom is 0.418 e. The molecule has 14 heteroatoms. The van der Waals surface area contributed by atoms with Crippen molar-refractivity contribution in [3.05, 3.63) is 28.8 Å². The molecule has 0 aliphatic carbocycles. The fourth-order valence-electron chi connectivity index (χ4n) is 2.27. The SMILES string of the molecule is CNC(=O)C(=O)Nc1cc(Oc2nn(C)c(S(C)(=O)=O)c2Cl)ccc1C(F)(F)F. The van der Waals surface area contributed by atoms with Gasteiger partial charge in [0, 0.05) is 26.4 Å². The van der Waals surface area contributed by atoms with Crippen LogP contribution in [0.4, 0.5) is 18.9 Å². The van der Waals surface area contributed by atoms with Gasteiger partial charge in [-0.05, 0) is 12.1 Å². The zero-order valence-corrected chi connectivity index (χ0v) is 16.7. The zero-order chi connectivity index (χ0) is 22.1. The van der Waals surface area contributed by atoms with Gasteiger partial charge in [-0.2, -0.15) is 13.2 Å². The van der Waals surface area contributed by atoms with Crippen LogP contribution < -0.4 is 15.4 Å². The topological polar surface area (TPSA) is 119 Å². The van der Waals surface area contributed by atoms with Gasteiger partial charge < -0.3 is 15.4 Å². The first-order valence-electron chi connectivity index (χ1n) is 7.60. The predicted octanol–water partition coefficient (Wildman–Crippen LogP) is 1.97. The molecule has 0 saturated carbocycles. The lowest BCUT2D eigenvalue weighted by Gasteiger charge is -2.15. The summed E-state index contributed by atoms with van der Waals surface area (Å²) in [6.45, 7) is 0. The first kappa shape index (κ1) is 22.5. The van der Waals surface area contributed by atoms with Crippen LogP contribution in [0.25, 0.3) is 0 Å². The van der Waals surface area contributed by atoms with E-state index in [0.717, 1.165) is 30.1 Å². The minimum atomic E-state index is -4.84. The summed E-state index contributed by atoms with van der Waals surface area (Å²) in [7, 11) is -1.34. The molecule has 2 rings (SSSR count). The molecule has 1 aromatic carbocycles. The number of ether oxygens (including phenoxy) is 1. The highest BCUT2D eigenvalue weighted by atomic mass is 35.5. The van der Waals surface area contributed by atoms with Gasteiger partial charge in [0.05, 0.1) is 11.3 Å². The molecule has 29 heavy (non-hydrogen) atoms. The lowest BCUT2D eigenvalue weighted by atomic mass is 10.1. The minimum absolute atomic E-state index is 0.245. The van der Waals surface area contributed by atoms with Gasteiger partial charge in [0.2, 0.25) is 0 Å². The number of aryl methyl sites for hydroxylation is 1. The van der Waals surface area contributed by atoms with Crippen molar-refractivity contribution in [2.24, 2.45) is 7.05 Å². The fourth-order valence-corrected chi connectivity index (χ4v) is 3.82. The molecule has 9 nitrogen and oxygen atoms in total. The first-order valence-corrected chi connectivity index (χ1v) is 9.87. The molecule has 0 spiro atoms. The molecule has 0 aliphatic heterocycles. The minimum Gasteiger partial charge on any atom is -0.436 e. The van der Waals surface area contributed by atoms with Crippen molar-refractivity contribution in [2.45, 2.75) is 11.2 Å². The second kappa shape index (κ2) is 7.91. The average Bonchev–Trinajstić information content (AvgIpc) is 2.86. The largest absolute Gasteiger partial charge is 0.436 e. The van der Waals surface area contributed by atoms with Crippen molar-refractivity contribution in [3.63, 3.8) is 0 Å². The molecule has 2 N–H and O–H groups in total. The van der Waals surface area contributed by atoms with Gasteiger partial charge in [-0.1, -0.05) is 11.6 Å². The zero-order valence-electron chi connectivity index (χ0n) is 15.1. The van der Waals surface area contributed by atoms with Gasteiger partial charge in [0.15, 0.2) is 14.9 Å². The molecule has 2 aromatic rings. The maximum absolute atomic E-state index is 13.2. The van der Waals surface area contributed by atoms with E-state index in [9.17, 15) is 31.2 Å². The van der Waals surface area contributed by atoms with Crippen molar-refractivity contribution >= 4 is 38.9 Å². The Morgan fingerprint density at radius 3 is 2.34 bits per heavy atom. The summed E-state index contributed by atoms with van der Waals surface area (Å²) in [6.07, 6.45) is -3.94. The monoisotopic (exact) mass is 454 g/mol. The van der Waals surface area contributed by atoms with Gasteiger partial charge in [-0.3, -0.25) is 14.3 Å². The number of alkyl halides is 3. The highest BCUT2D eigenvalue weighted by molar-refractivity contribution is 7.90. The Bertz CT molecular complexity index is 1080. The molecule has 2 amide bonds. The van der Waals surface area contributed by atoms with Crippen LogP contribution in [0.15, 0.2) is 23.2 Å². The number of anilines is 1.